The Bertz CT molecular complexity index is 1290. The van der Waals surface area contributed by atoms with Crippen molar-refractivity contribution in [1.29, 1.82) is 0 Å². The van der Waals surface area contributed by atoms with E-state index in [1.54, 1.807) is 14.2 Å². The van der Waals surface area contributed by atoms with Crippen LogP contribution in [0.25, 0.3) is 10.8 Å². The Morgan fingerprint density at radius 3 is 2.15 bits per heavy atom. The first kappa shape index (κ1) is 32.1. The number of hydrogen-bond donors (Lipinski definition) is 2. The Morgan fingerprint density at radius 2 is 1.46 bits per heavy atom. The summed E-state index contributed by atoms with van der Waals surface area (Å²) in [5, 5.41) is 21.8. The Hall–Kier alpha value is -3.42. The maximum atomic E-state index is 13.0. The van der Waals surface area contributed by atoms with Crippen LogP contribution in [0, 0.1) is 13.8 Å². The zero-order chi connectivity index (χ0) is 29.8. The first-order chi connectivity index (χ1) is 19.7. The van der Waals surface area contributed by atoms with Gasteiger partial charge in [0.05, 0.1) is 7.11 Å². The molecule has 7 heteroatoms. The topological polar surface area (TPSA) is 96.3 Å². The summed E-state index contributed by atoms with van der Waals surface area (Å²) in [4.78, 5) is 25.9. The molecule has 3 aromatic rings. The van der Waals surface area contributed by atoms with Crippen molar-refractivity contribution in [1.82, 2.24) is 4.90 Å². The molecule has 3 rings (SSSR count). The number of carbonyl (C=O) groups excluding carboxylic acids is 1. The molecule has 2 atom stereocenters. The van der Waals surface area contributed by atoms with Crippen molar-refractivity contribution in [2.24, 2.45) is 0 Å². The highest BCUT2D eigenvalue weighted by Gasteiger charge is 2.34. The summed E-state index contributed by atoms with van der Waals surface area (Å²) in [5.41, 5.74) is 5.11. The standard InChI is InChI=1S/C34H45NO6/c1-24-13-14-26(21-25(24)2)11-8-6-10-20-41-32(31(36)34(38)39)33(37)35(3)19-9-5-7-12-27-15-16-28-17-18-30(40-4)23-29(28)22-27/h13-18,21-23,31-32,36H,5-12,19-20H2,1-4H3,(H,38,39). The maximum absolute atomic E-state index is 13.0. The van der Waals surface area contributed by atoms with Gasteiger partial charge in [-0.2, -0.15) is 0 Å². The van der Waals surface area contributed by atoms with E-state index in [0.717, 1.165) is 56.1 Å². The van der Waals surface area contributed by atoms with Crippen LogP contribution in [0.5, 0.6) is 5.75 Å². The molecule has 0 spiro atoms. The summed E-state index contributed by atoms with van der Waals surface area (Å²) in [6, 6.07) is 19.0. The molecule has 0 saturated carbocycles. The molecule has 7 nitrogen and oxygen atoms in total. The molecule has 0 heterocycles. The van der Waals surface area contributed by atoms with Crippen molar-refractivity contribution >= 4 is 22.6 Å². The van der Waals surface area contributed by atoms with Crippen LogP contribution in [0.4, 0.5) is 0 Å². The molecule has 0 aliphatic heterocycles. The van der Waals surface area contributed by atoms with E-state index in [-0.39, 0.29) is 6.61 Å². The number of likely N-dealkylation sites (N-methyl/N-ethyl adjacent to an activating group) is 1. The first-order valence-corrected chi connectivity index (χ1v) is 14.6. The van der Waals surface area contributed by atoms with Crippen molar-refractivity contribution in [3.05, 3.63) is 76.9 Å². The molecule has 0 radical (unpaired) electrons. The lowest BCUT2D eigenvalue weighted by Crippen LogP contribution is -2.48. The number of carboxylic acids is 1. The molecule has 0 aliphatic carbocycles. The third kappa shape index (κ3) is 9.87. The van der Waals surface area contributed by atoms with Gasteiger partial charge in [0.1, 0.15) is 5.75 Å². The molecule has 3 aromatic carbocycles. The largest absolute Gasteiger partial charge is 0.497 e. The Balaban J connectivity index is 1.39. The van der Waals surface area contributed by atoms with E-state index < -0.39 is 24.1 Å². The highest BCUT2D eigenvalue weighted by Crippen LogP contribution is 2.23. The number of ether oxygens (including phenoxy) is 2. The number of aliphatic hydroxyl groups is 1. The fraction of sp³-hybridized carbons (Fsp3) is 0.471. The van der Waals surface area contributed by atoms with Gasteiger partial charge < -0.3 is 24.6 Å². The summed E-state index contributed by atoms with van der Waals surface area (Å²) >= 11 is 0. The minimum Gasteiger partial charge on any atom is -0.497 e. The maximum Gasteiger partial charge on any atom is 0.335 e. The van der Waals surface area contributed by atoms with Crippen LogP contribution in [-0.4, -0.2) is 66.5 Å². The third-order valence-electron chi connectivity index (χ3n) is 7.71. The quantitative estimate of drug-likeness (QED) is 0.199. The fourth-order valence-corrected chi connectivity index (χ4v) is 4.94. The number of benzene rings is 3. The number of amides is 1. The van der Waals surface area contributed by atoms with Crippen molar-refractivity contribution < 1.29 is 29.3 Å². The fourth-order valence-electron chi connectivity index (χ4n) is 4.94. The van der Waals surface area contributed by atoms with Crippen LogP contribution >= 0.6 is 0 Å². The van der Waals surface area contributed by atoms with Gasteiger partial charge in [-0.1, -0.05) is 55.3 Å². The van der Waals surface area contributed by atoms with Gasteiger partial charge >= 0.3 is 5.97 Å². The second-order valence-corrected chi connectivity index (χ2v) is 10.9. The second kappa shape index (κ2) is 16.1. The number of aliphatic carboxylic acids is 1. The van der Waals surface area contributed by atoms with E-state index in [4.69, 9.17) is 9.47 Å². The minimum atomic E-state index is -1.90. The summed E-state index contributed by atoms with van der Waals surface area (Å²) in [6.45, 7) is 4.90. The van der Waals surface area contributed by atoms with Crippen molar-refractivity contribution in [2.45, 2.75) is 77.4 Å². The third-order valence-corrected chi connectivity index (χ3v) is 7.71. The summed E-state index contributed by atoms with van der Waals surface area (Å²) in [6.07, 6.45) is 3.79. The summed E-state index contributed by atoms with van der Waals surface area (Å²) in [7, 11) is 3.30. The number of carboxylic acid groups (broad SMARTS) is 1. The molecular formula is C34H45NO6. The number of fused-ring (bicyclic) bond motifs is 1. The predicted octanol–water partition coefficient (Wildman–Crippen LogP) is 5.88. The molecule has 0 aliphatic rings. The van der Waals surface area contributed by atoms with Crippen LogP contribution in [0.1, 0.15) is 60.8 Å². The van der Waals surface area contributed by atoms with Gasteiger partial charge in [-0.05, 0) is 97.5 Å². The summed E-state index contributed by atoms with van der Waals surface area (Å²) < 4.78 is 11.0. The molecule has 2 N–H and O–H groups in total. The highest BCUT2D eigenvalue weighted by molar-refractivity contribution is 5.88. The van der Waals surface area contributed by atoms with Crippen molar-refractivity contribution in [3.8, 4) is 5.75 Å². The van der Waals surface area contributed by atoms with Crippen LogP contribution in [-0.2, 0) is 27.2 Å². The van der Waals surface area contributed by atoms with Gasteiger partial charge in [-0.15, -0.1) is 0 Å². The lowest BCUT2D eigenvalue weighted by molar-refractivity contribution is -0.166. The van der Waals surface area contributed by atoms with Crippen molar-refractivity contribution in [3.63, 3.8) is 0 Å². The molecule has 0 bridgehead atoms. The summed E-state index contributed by atoms with van der Waals surface area (Å²) in [5.74, 6) is -1.12. The van der Waals surface area contributed by atoms with Crippen LogP contribution in [0.2, 0.25) is 0 Å². The number of methoxy groups -OCH3 is 1. The molecular weight excluding hydrogens is 518 g/mol. The zero-order valence-electron chi connectivity index (χ0n) is 24.9. The highest BCUT2D eigenvalue weighted by atomic mass is 16.5. The van der Waals surface area contributed by atoms with E-state index in [1.807, 2.05) is 12.1 Å². The smallest absolute Gasteiger partial charge is 0.335 e. The number of unbranched alkanes of at least 4 members (excludes halogenated alkanes) is 4. The lowest BCUT2D eigenvalue weighted by atomic mass is 10.0. The number of nitrogens with zero attached hydrogens (tertiary/aromatic N) is 1. The van der Waals surface area contributed by atoms with Crippen molar-refractivity contribution in [2.75, 3.05) is 27.3 Å². The van der Waals surface area contributed by atoms with E-state index in [0.29, 0.717) is 13.0 Å². The van der Waals surface area contributed by atoms with Crippen LogP contribution < -0.4 is 4.74 Å². The lowest BCUT2D eigenvalue weighted by Gasteiger charge is -2.25. The number of aryl methyl sites for hydroxylation is 4. The molecule has 222 valence electrons. The minimum absolute atomic E-state index is 0.221. The monoisotopic (exact) mass is 563 g/mol. The van der Waals surface area contributed by atoms with E-state index in [9.17, 15) is 19.8 Å². The molecule has 41 heavy (non-hydrogen) atoms. The molecule has 1 amide bonds. The molecule has 2 unspecified atom stereocenters. The van der Waals surface area contributed by atoms with Gasteiger partial charge in [0, 0.05) is 20.2 Å². The van der Waals surface area contributed by atoms with E-state index >= 15 is 0 Å². The van der Waals surface area contributed by atoms with Gasteiger partial charge in [0.2, 0.25) is 0 Å². The van der Waals surface area contributed by atoms with Crippen LogP contribution in [0.3, 0.4) is 0 Å². The average molecular weight is 564 g/mol. The SMILES string of the molecule is COc1ccc2ccc(CCCCCN(C)C(=O)C(OCCCCCc3ccc(C)c(C)c3)C(O)C(=O)O)cc2c1. The number of carbonyl (C=O) groups is 2. The second-order valence-electron chi connectivity index (χ2n) is 10.9. The zero-order valence-corrected chi connectivity index (χ0v) is 24.9. The Morgan fingerprint density at radius 1 is 0.805 bits per heavy atom. The van der Waals surface area contributed by atoms with Gasteiger partial charge in [-0.3, -0.25) is 4.79 Å². The number of rotatable bonds is 17. The van der Waals surface area contributed by atoms with E-state index in [2.05, 4.69) is 56.3 Å². The normalized spacial score (nSPS) is 12.7. The average Bonchev–Trinajstić information content (AvgIpc) is 2.97. The predicted molar refractivity (Wildman–Crippen MR) is 163 cm³/mol. The number of aliphatic hydroxyl groups excluding tert-OH is 1. The van der Waals surface area contributed by atoms with Gasteiger partial charge in [0.15, 0.2) is 12.2 Å². The van der Waals surface area contributed by atoms with Gasteiger partial charge in [0.25, 0.3) is 5.91 Å². The Labute approximate surface area is 244 Å². The van der Waals surface area contributed by atoms with Crippen LogP contribution in [0.15, 0.2) is 54.6 Å². The first-order valence-electron chi connectivity index (χ1n) is 14.6. The number of hydrogen-bond acceptors (Lipinski definition) is 5. The molecule has 0 aromatic heterocycles. The van der Waals surface area contributed by atoms with Gasteiger partial charge in [-0.25, -0.2) is 4.79 Å². The molecule has 0 fully saturated rings. The Kier molecular flexibility index (Phi) is 12.6. The molecule has 0 saturated heterocycles. The van der Waals surface area contributed by atoms with E-state index in [1.165, 1.54) is 32.5 Å².